The molecule has 0 spiro atoms. The molecule has 0 aliphatic heterocycles. The van der Waals surface area contributed by atoms with Gasteiger partial charge in [0.05, 0.1) is 23.9 Å². The maximum Gasteiger partial charge on any atom is 0.229 e. The summed E-state index contributed by atoms with van der Waals surface area (Å²) in [6.07, 6.45) is 2.85. The molecule has 1 amide bonds. The highest BCUT2D eigenvalue weighted by atomic mass is 16.3. The van der Waals surface area contributed by atoms with Gasteiger partial charge in [0.2, 0.25) is 11.9 Å². The van der Waals surface area contributed by atoms with Crippen LogP contribution in [0.1, 0.15) is 31.7 Å². The second-order valence-corrected chi connectivity index (χ2v) is 8.01. The highest BCUT2D eigenvalue weighted by molar-refractivity contribution is 5.88. The summed E-state index contributed by atoms with van der Waals surface area (Å²) in [6, 6.07) is -0.293. The lowest BCUT2D eigenvalue weighted by molar-refractivity contribution is -0.132. The standard InChI is InChI=1S/C17H21N9O3/c1-19-15(29)17-5-8(17)10(11(27)12(17)28)26-6-20-9-13(21-7-3-2-4-7)22-16(24-25-18)23-14(9)26/h6-8,10-12,27-28H,2-5H2,1H3,(H,19,29)(H,21,22,23)/t8?,10-,11+,12?,17-/m1/s1. The molecule has 3 saturated carbocycles. The lowest BCUT2D eigenvalue weighted by atomic mass is 9.93. The van der Waals surface area contributed by atoms with Crippen LogP contribution in [0.25, 0.3) is 21.6 Å². The Morgan fingerprint density at radius 3 is 2.86 bits per heavy atom. The number of fused-ring (bicyclic) bond motifs is 2. The van der Waals surface area contributed by atoms with Crippen LogP contribution in [-0.2, 0) is 4.79 Å². The Balaban J connectivity index is 1.59. The molecule has 5 rings (SSSR count). The number of hydrogen-bond donors (Lipinski definition) is 4. The van der Waals surface area contributed by atoms with Crippen LogP contribution in [0.3, 0.4) is 0 Å². The van der Waals surface area contributed by atoms with E-state index in [1.54, 1.807) is 4.57 Å². The normalized spacial score (nSPS) is 32.9. The molecule has 12 heteroatoms. The van der Waals surface area contributed by atoms with Crippen LogP contribution in [-0.4, -0.2) is 60.9 Å². The Bertz CT molecular complexity index is 1040. The molecular weight excluding hydrogens is 378 g/mol. The van der Waals surface area contributed by atoms with Gasteiger partial charge in [-0.05, 0) is 36.3 Å². The van der Waals surface area contributed by atoms with Crippen molar-refractivity contribution >= 4 is 28.8 Å². The predicted molar refractivity (Wildman–Crippen MR) is 101 cm³/mol. The molecule has 12 nitrogen and oxygen atoms in total. The highest BCUT2D eigenvalue weighted by Gasteiger charge is 2.75. The number of hydrogen-bond acceptors (Lipinski definition) is 8. The van der Waals surface area contributed by atoms with Crippen LogP contribution in [0.4, 0.5) is 11.8 Å². The van der Waals surface area contributed by atoms with Crippen molar-refractivity contribution in [3.8, 4) is 0 Å². The summed E-state index contributed by atoms with van der Waals surface area (Å²) >= 11 is 0. The zero-order valence-electron chi connectivity index (χ0n) is 15.7. The van der Waals surface area contributed by atoms with Gasteiger partial charge in [-0.25, -0.2) is 15.0 Å². The average molecular weight is 399 g/mol. The highest BCUT2D eigenvalue weighted by Crippen LogP contribution is 2.67. The van der Waals surface area contributed by atoms with Gasteiger partial charge in [-0.2, -0.15) is 0 Å². The zero-order valence-corrected chi connectivity index (χ0v) is 15.7. The van der Waals surface area contributed by atoms with Crippen LogP contribution in [0.15, 0.2) is 11.4 Å². The molecule has 3 aliphatic carbocycles. The largest absolute Gasteiger partial charge is 0.389 e. The van der Waals surface area contributed by atoms with E-state index in [2.05, 4.69) is 35.6 Å². The number of aromatic nitrogens is 4. The van der Waals surface area contributed by atoms with Crippen molar-refractivity contribution in [2.45, 2.75) is 50.0 Å². The first-order valence-electron chi connectivity index (χ1n) is 9.65. The van der Waals surface area contributed by atoms with E-state index in [0.29, 0.717) is 23.4 Å². The van der Waals surface area contributed by atoms with Crippen molar-refractivity contribution in [3.63, 3.8) is 0 Å². The summed E-state index contributed by atoms with van der Waals surface area (Å²) in [5.74, 6) is -0.101. The summed E-state index contributed by atoms with van der Waals surface area (Å²) in [5.41, 5.74) is 8.71. The Morgan fingerprint density at radius 1 is 1.41 bits per heavy atom. The lowest BCUT2D eigenvalue weighted by Crippen LogP contribution is -2.41. The number of aliphatic hydroxyl groups excluding tert-OH is 2. The average Bonchev–Trinajstić information content (AvgIpc) is 3.22. The third-order valence-electron chi connectivity index (χ3n) is 6.63. The van der Waals surface area contributed by atoms with Crippen LogP contribution >= 0.6 is 0 Å². The fraction of sp³-hybridized carbons (Fsp3) is 0.647. The molecule has 3 fully saturated rings. The maximum atomic E-state index is 12.4. The minimum Gasteiger partial charge on any atom is -0.389 e. The first-order chi connectivity index (χ1) is 14.0. The first-order valence-corrected chi connectivity index (χ1v) is 9.65. The SMILES string of the molecule is CNC(=O)[C@]12CC1[C@@H](n1cnc3c(NC4CCC4)nc(N=[N+]=[N-])nc31)[C@H](O)C2O. The molecule has 0 saturated heterocycles. The molecule has 4 N–H and O–H groups in total. The van der Waals surface area contributed by atoms with Crippen LogP contribution in [0.5, 0.6) is 0 Å². The Kier molecular flexibility index (Phi) is 3.92. The molecule has 0 bridgehead atoms. The fourth-order valence-electron chi connectivity index (χ4n) is 4.84. The topological polar surface area (TPSA) is 174 Å². The van der Waals surface area contributed by atoms with Gasteiger partial charge in [-0.15, -0.1) is 0 Å². The Hall–Kier alpha value is -2.95. The van der Waals surface area contributed by atoms with Gasteiger partial charge in [0, 0.05) is 23.9 Å². The number of nitrogens with zero attached hydrogens (tertiary/aromatic N) is 7. The quantitative estimate of drug-likeness (QED) is 0.326. The van der Waals surface area contributed by atoms with Gasteiger partial charge in [-0.3, -0.25) is 4.79 Å². The molecule has 152 valence electrons. The zero-order chi connectivity index (χ0) is 20.3. The number of nitrogens with one attached hydrogen (secondary N) is 2. The van der Waals surface area contributed by atoms with E-state index in [9.17, 15) is 15.0 Å². The van der Waals surface area contributed by atoms with E-state index >= 15 is 0 Å². The predicted octanol–water partition coefficient (Wildman–Crippen LogP) is 0.761. The van der Waals surface area contributed by atoms with Crippen molar-refractivity contribution in [2.75, 3.05) is 12.4 Å². The van der Waals surface area contributed by atoms with Gasteiger partial charge < -0.3 is 25.4 Å². The van der Waals surface area contributed by atoms with Crippen molar-refractivity contribution in [2.24, 2.45) is 16.4 Å². The van der Waals surface area contributed by atoms with Gasteiger partial charge in [0.25, 0.3) is 0 Å². The molecule has 2 unspecified atom stereocenters. The third-order valence-corrected chi connectivity index (χ3v) is 6.63. The van der Waals surface area contributed by atoms with Crippen LogP contribution < -0.4 is 10.6 Å². The van der Waals surface area contributed by atoms with E-state index in [1.807, 2.05) is 0 Å². The van der Waals surface area contributed by atoms with Gasteiger partial charge >= 0.3 is 0 Å². The van der Waals surface area contributed by atoms with Crippen molar-refractivity contribution in [1.82, 2.24) is 24.8 Å². The third kappa shape index (κ3) is 2.43. The molecular formula is C17H21N9O3. The molecule has 2 aromatic rings. The summed E-state index contributed by atoms with van der Waals surface area (Å²) in [7, 11) is 1.52. The molecule has 0 radical (unpaired) electrons. The van der Waals surface area contributed by atoms with E-state index < -0.39 is 23.7 Å². The maximum absolute atomic E-state index is 12.4. The number of aliphatic hydroxyl groups is 2. The monoisotopic (exact) mass is 399 g/mol. The first kappa shape index (κ1) is 18.1. The molecule has 0 aromatic carbocycles. The fourth-order valence-corrected chi connectivity index (χ4v) is 4.84. The number of carbonyl (C=O) groups excluding carboxylic acids is 1. The molecule has 3 aliphatic rings. The van der Waals surface area contributed by atoms with Crippen LogP contribution in [0, 0.1) is 11.3 Å². The van der Waals surface area contributed by atoms with E-state index in [-0.39, 0.29) is 23.8 Å². The van der Waals surface area contributed by atoms with E-state index in [1.165, 1.54) is 13.4 Å². The molecule has 2 heterocycles. The number of imidazole rings is 1. The van der Waals surface area contributed by atoms with Gasteiger partial charge in [0.1, 0.15) is 11.6 Å². The second-order valence-electron chi connectivity index (χ2n) is 8.01. The Labute approximate surface area is 165 Å². The van der Waals surface area contributed by atoms with Crippen molar-refractivity contribution in [3.05, 3.63) is 16.8 Å². The van der Waals surface area contributed by atoms with Crippen LogP contribution in [0.2, 0.25) is 0 Å². The number of amides is 1. The molecule has 5 atom stereocenters. The second kappa shape index (κ2) is 6.28. The molecule has 29 heavy (non-hydrogen) atoms. The minimum atomic E-state index is -1.18. The smallest absolute Gasteiger partial charge is 0.229 e. The number of azide groups is 1. The summed E-state index contributed by atoms with van der Waals surface area (Å²) < 4.78 is 1.66. The van der Waals surface area contributed by atoms with Crippen molar-refractivity contribution in [1.29, 1.82) is 0 Å². The summed E-state index contributed by atoms with van der Waals surface area (Å²) in [4.78, 5) is 28.2. The van der Waals surface area contributed by atoms with E-state index in [0.717, 1.165) is 19.3 Å². The molecule has 2 aromatic heterocycles. The minimum absolute atomic E-state index is 0.0510. The Morgan fingerprint density at radius 2 is 2.21 bits per heavy atom. The van der Waals surface area contributed by atoms with Gasteiger partial charge in [-0.1, -0.05) is 0 Å². The number of carbonyl (C=O) groups is 1. The number of rotatable bonds is 5. The van der Waals surface area contributed by atoms with Gasteiger partial charge in [0.15, 0.2) is 11.5 Å². The summed E-state index contributed by atoms with van der Waals surface area (Å²) in [6.45, 7) is 0. The van der Waals surface area contributed by atoms with Crippen molar-refractivity contribution < 1.29 is 15.0 Å². The lowest BCUT2D eigenvalue weighted by Gasteiger charge is -2.27. The number of anilines is 1. The summed E-state index contributed by atoms with van der Waals surface area (Å²) in [5, 5.41) is 30.7. The van der Waals surface area contributed by atoms with E-state index in [4.69, 9.17) is 5.53 Å².